The van der Waals surface area contributed by atoms with Gasteiger partial charge in [-0.05, 0) is 44.1 Å². The largest absolute Gasteiger partial charge is 0.496 e. The second kappa shape index (κ2) is 6.41. The van der Waals surface area contributed by atoms with Crippen LogP contribution in [0.1, 0.15) is 30.9 Å². The number of benzene rings is 1. The quantitative estimate of drug-likeness (QED) is 0.912. The van der Waals surface area contributed by atoms with Crippen LogP contribution in [0.4, 0.5) is 0 Å². The van der Waals surface area contributed by atoms with Gasteiger partial charge in [0, 0.05) is 17.1 Å². The Bertz CT molecular complexity index is 391. The van der Waals surface area contributed by atoms with Crippen LogP contribution in [0.15, 0.2) is 18.2 Å². The molecule has 1 heterocycles. The molecule has 0 aliphatic carbocycles. The molecule has 2 rings (SSSR count). The average Bonchev–Trinajstić information content (AvgIpc) is 2.40. The van der Waals surface area contributed by atoms with Crippen molar-refractivity contribution in [3.63, 3.8) is 0 Å². The number of methoxy groups -OCH3 is 1. The monoisotopic (exact) mass is 269 g/mol. The molecule has 0 amide bonds. The molecule has 1 aliphatic heterocycles. The first-order valence-corrected chi connectivity index (χ1v) is 6.82. The lowest BCUT2D eigenvalue weighted by Crippen LogP contribution is -2.33. The van der Waals surface area contributed by atoms with Gasteiger partial charge < -0.3 is 14.7 Å². The van der Waals surface area contributed by atoms with Gasteiger partial charge in [0.15, 0.2) is 0 Å². The zero-order valence-corrected chi connectivity index (χ0v) is 11.5. The Labute approximate surface area is 113 Å². The fraction of sp³-hybridized carbons (Fsp3) is 0.571. The van der Waals surface area contributed by atoms with E-state index >= 15 is 0 Å². The predicted molar refractivity (Wildman–Crippen MR) is 73.3 cm³/mol. The summed E-state index contributed by atoms with van der Waals surface area (Å²) >= 11 is 5.98. The standard InChI is InChI=1S/C14H20ClNO2/c1-18-14-6-5-11(15)9-12(14)13(17)10-16-7-3-2-4-8-16/h5-6,9,13,17H,2-4,7-8,10H2,1H3/t13-/m1/s1. The number of hydrogen-bond donors (Lipinski definition) is 1. The fourth-order valence-electron chi connectivity index (χ4n) is 2.45. The number of likely N-dealkylation sites (tertiary alicyclic amines) is 1. The summed E-state index contributed by atoms with van der Waals surface area (Å²) in [7, 11) is 1.61. The highest BCUT2D eigenvalue weighted by Crippen LogP contribution is 2.29. The van der Waals surface area contributed by atoms with E-state index in [9.17, 15) is 5.11 Å². The molecule has 1 atom stereocenters. The normalized spacial score (nSPS) is 18.6. The Morgan fingerprint density at radius 1 is 1.33 bits per heavy atom. The van der Waals surface area contributed by atoms with Crippen LogP contribution in [0.5, 0.6) is 5.75 Å². The van der Waals surface area contributed by atoms with Crippen molar-refractivity contribution in [3.8, 4) is 5.75 Å². The van der Waals surface area contributed by atoms with E-state index in [0.29, 0.717) is 17.3 Å². The van der Waals surface area contributed by atoms with Crippen molar-refractivity contribution in [3.05, 3.63) is 28.8 Å². The number of halogens is 1. The summed E-state index contributed by atoms with van der Waals surface area (Å²) in [6, 6.07) is 5.36. The zero-order chi connectivity index (χ0) is 13.0. The van der Waals surface area contributed by atoms with E-state index in [1.165, 1.54) is 19.3 Å². The lowest BCUT2D eigenvalue weighted by molar-refractivity contribution is 0.0994. The summed E-state index contributed by atoms with van der Waals surface area (Å²) < 4.78 is 5.27. The highest BCUT2D eigenvalue weighted by Gasteiger charge is 2.19. The first-order valence-electron chi connectivity index (χ1n) is 6.44. The molecule has 1 aromatic rings. The van der Waals surface area contributed by atoms with Crippen LogP contribution in [0.25, 0.3) is 0 Å². The van der Waals surface area contributed by atoms with Crippen LogP contribution in [0, 0.1) is 0 Å². The number of ether oxygens (including phenoxy) is 1. The van der Waals surface area contributed by atoms with Crippen molar-refractivity contribution in [2.45, 2.75) is 25.4 Å². The smallest absolute Gasteiger partial charge is 0.124 e. The van der Waals surface area contributed by atoms with Crippen LogP contribution < -0.4 is 4.74 Å². The molecule has 18 heavy (non-hydrogen) atoms. The van der Waals surface area contributed by atoms with Gasteiger partial charge in [-0.2, -0.15) is 0 Å². The summed E-state index contributed by atoms with van der Waals surface area (Å²) in [5, 5.41) is 11.0. The van der Waals surface area contributed by atoms with E-state index in [4.69, 9.17) is 16.3 Å². The maximum absolute atomic E-state index is 10.3. The molecule has 1 aromatic carbocycles. The molecule has 1 fully saturated rings. The number of aliphatic hydroxyl groups is 1. The number of aliphatic hydroxyl groups excluding tert-OH is 1. The Morgan fingerprint density at radius 3 is 2.72 bits per heavy atom. The molecule has 3 nitrogen and oxygen atoms in total. The number of piperidine rings is 1. The summed E-state index contributed by atoms with van der Waals surface area (Å²) in [6.07, 6.45) is 3.20. The minimum Gasteiger partial charge on any atom is -0.496 e. The number of nitrogens with zero attached hydrogens (tertiary/aromatic N) is 1. The van der Waals surface area contributed by atoms with Gasteiger partial charge in [0.05, 0.1) is 13.2 Å². The van der Waals surface area contributed by atoms with Crippen molar-refractivity contribution in [2.75, 3.05) is 26.7 Å². The minimum absolute atomic E-state index is 0.545. The van der Waals surface area contributed by atoms with Crippen molar-refractivity contribution >= 4 is 11.6 Å². The molecule has 100 valence electrons. The fourth-order valence-corrected chi connectivity index (χ4v) is 2.63. The van der Waals surface area contributed by atoms with E-state index in [1.807, 2.05) is 0 Å². The van der Waals surface area contributed by atoms with Crippen LogP contribution in [-0.4, -0.2) is 36.8 Å². The van der Waals surface area contributed by atoms with Crippen LogP contribution in [0.2, 0.25) is 5.02 Å². The van der Waals surface area contributed by atoms with Gasteiger partial charge in [-0.1, -0.05) is 18.0 Å². The maximum Gasteiger partial charge on any atom is 0.124 e. The molecule has 0 radical (unpaired) electrons. The lowest BCUT2D eigenvalue weighted by Gasteiger charge is -2.29. The molecule has 1 N–H and O–H groups in total. The first kappa shape index (κ1) is 13.7. The van der Waals surface area contributed by atoms with Gasteiger partial charge in [0.2, 0.25) is 0 Å². The van der Waals surface area contributed by atoms with Crippen molar-refractivity contribution in [2.24, 2.45) is 0 Å². The summed E-state index contributed by atoms with van der Waals surface area (Å²) in [5.74, 6) is 0.698. The van der Waals surface area contributed by atoms with Gasteiger partial charge >= 0.3 is 0 Å². The third kappa shape index (κ3) is 3.37. The van der Waals surface area contributed by atoms with E-state index in [1.54, 1.807) is 25.3 Å². The molecule has 0 bridgehead atoms. The molecule has 0 spiro atoms. The minimum atomic E-state index is -0.545. The topological polar surface area (TPSA) is 32.7 Å². The molecule has 1 saturated heterocycles. The Morgan fingerprint density at radius 2 is 2.06 bits per heavy atom. The maximum atomic E-state index is 10.3. The van der Waals surface area contributed by atoms with Crippen LogP contribution in [-0.2, 0) is 0 Å². The van der Waals surface area contributed by atoms with Gasteiger partial charge in [0.25, 0.3) is 0 Å². The molecule has 0 saturated carbocycles. The summed E-state index contributed by atoms with van der Waals surface area (Å²) in [4.78, 5) is 2.30. The molecule has 1 aliphatic rings. The first-order chi connectivity index (χ1) is 8.70. The lowest BCUT2D eigenvalue weighted by atomic mass is 10.1. The number of rotatable bonds is 4. The molecule has 0 unspecified atom stereocenters. The highest BCUT2D eigenvalue weighted by molar-refractivity contribution is 6.30. The number of β-amino-alcohol motifs (C(OH)–C–C–N with tert-alkyl or cyclic N) is 1. The zero-order valence-electron chi connectivity index (χ0n) is 10.7. The van der Waals surface area contributed by atoms with Crippen molar-refractivity contribution in [1.82, 2.24) is 4.90 Å². The van der Waals surface area contributed by atoms with Gasteiger partial charge in [-0.15, -0.1) is 0 Å². The van der Waals surface area contributed by atoms with Gasteiger partial charge in [0.1, 0.15) is 5.75 Å². The third-order valence-corrected chi connectivity index (χ3v) is 3.67. The van der Waals surface area contributed by atoms with E-state index in [0.717, 1.165) is 18.7 Å². The van der Waals surface area contributed by atoms with Crippen LogP contribution in [0.3, 0.4) is 0 Å². The predicted octanol–water partition coefficient (Wildman–Crippen LogP) is 2.87. The Hall–Kier alpha value is -0.770. The third-order valence-electron chi connectivity index (χ3n) is 3.43. The van der Waals surface area contributed by atoms with Crippen LogP contribution >= 0.6 is 11.6 Å². The second-order valence-corrected chi connectivity index (χ2v) is 5.20. The Kier molecular flexibility index (Phi) is 4.87. The van der Waals surface area contributed by atoms with E-state index < -0.39 is 6.10 Å². The molecular formula is C14H20ClNO2. The Balaban J connectivity index is 2.07. The summed E-state index contributed by atoms with van der Waals surface area (Å²) in [5.41, 5.74) is 0.774. The summed E-state index contributed by atoms with van der Waals surface area (Å²) in [6.45, 7) is 2.79. The van der Waals surface area contributed by atoms with Gasteiger partial charge in [-0.3, -0.25) is 0 Å². The van der Waals surface area contributed by atoms with Crippen molar-refractivity contribution in [1.29, 1.82) is 0 Å². The highest BCUT2D eigenvalue weighted by atomic mass is 35.5. The van der Waals surface area contributed by atoms with Crippen molar-refractivity contribution < 1.29 is 9.84 Å². The molecular weight excluding hydrogens is 250 g/mol. The molecule has 4 heteroatoms. The average molecular weight is 270 g/mol. The van der Waals surface area contributed by atoms with E-state index in [-0.39, 0.29) is 0 Å². The SMILES string of the molecule is COc1ccc(Cl)cc1[C@H](O)CN1CCCCC1. The second-order valence-electron chi connectivity index (χ2n) is 4.76. The van der Waals surface area contributed by atoms with E-state index in [2.05, 4.69) is 4.90 Å². The van der Waals surface area contributed by atoms with Gasteiger partial charge in [-0.25, -0.2) is 0 Å². The number of hydrogen-bond acceptors (Lipinski definition) is 3. The molecule has 0 aromatic heterocycles.